The predicted molar refractivity (Wildman–Crippen MR) is 103 cm³/mol. The molecule has 1 atom stereocenters. The van der Waals surface area contributed by atoms with Gasteiger partial charge in [0.1, 0.15) is 0 Å². The van der Waals surface area contributed by atoms with Crippen molar-refractivity contribution in [3.8, 4) is 0 Å². The summed E-state index contributed by atoms with van der Waals surface area (Å²) in [6.45, 7) is 4.38. The smallest absolute Gasteiger partial charge is 0.539 e. The second kappa shape index (κ2) is 21.4. The third-order valence-electron chi connectivity index (χ3n) is 2.47. The number of benzene rings is 1. The van der Waals surface area contributed by atoms with Crippen LogP contribution in [0.5, 0.6) is 0 Å². The number of nitrogens with one attached hydrogen (secondary N) is 1. The van der Waals surface area contributed by atoms with Crippen molar-refractivity contribution < 1.29 is 53.1 Å². The number of allylic oxidation sites excluding steroid dienone is 2. The Morgan fingerprint density at radius 2 is 1.67 bits per heavy atom. The van der Waals surface area contributed by atoms with Gasteiger partial charge in [-0.25, -0.2) is 6.29 Å². The van der Waals surface area contributed by atoms with Crippen molar-refractivity contribution in [1.29, 1.82) is 0 Å². The van der Waals surface area contributed by atoms with Crippen LogP contribution in [0.25, 0.3) is 0 Å². The van der Waals surface area contributed by atoms with Crippen molar-refractivity contribution in [2.75, 3.05) is 12.4 Å². The monoisotopic (exact) mass is 429 g/mol. The van der Waals surface area contributed by atoms with E-state index in [0.29, 0.717) is 16.5 Å². The van der Waals surface area contributed by atoms with E-state index >= 15 is 0 Å². The number of alkyl halides is 1. The molecule has 1 aromatic carbocycles. The second-order valence-electron chi connectivity index (χ2n) is 4.36. The Balaban J connectivity index is -0.000000395. The Morgan fingerprint density at radius 1 is 1.22 bits per heavy atom. The summed E-state index contributed by atoms with van der Waals surface area (Å²) in [7, 11) is 1.31. The van der Waals surface area contributed by atoms with Crippen LogP contribution in [0, 0.1) is 0 Å². The molecule has 0 saturated carbocycles. The molecular formula is C18H23Cl2FNNaO4. The van der Waals surface area contributed by atoms with Crippen molar-refractivity contribution in [1.82, 2.24) is 0 Å². The number of anilines is 1. The minimum atomic E-state index is -2.32. The minimum absolute atomic E-state index is 0. The minimum Gasteiger partial charge on any atom is -0.539 e. The zero-order chi connectivity index (χ0) is 20.4. The van der Waals surface area contributed by atoms with E-state index in [-0.39, 0.29) is 35.2 Å². The first-order valence-corrected chi connectivity index (χ1v) is 8.60. The van der Waals surface area contributed by atoms with Gasteiger partial charge in [-0.15, -0.1) is 0 Å². The maximum atomic E-state index is 12.5. The molecule has 1 aliphatic carbocycles. The van der Waals surface area contributed by atoms with E-state index in [9.17, 15) is 14.0 Å². The molecule has 0 aromatic heterocycles. The molecule has 2 rings (SSSR count). The Hall–Kier alpha value is -0.920. The van der Waals surface area contributed by atoms with Crippen LogP contribution < -0.4 is 34.9 Å². The van der Waals surface area contributed by atoms with Crippen LogP contribution in [0.1, 0.15) is 33.1 Å². The number of halogens is 3. The first-order valence-electron chi connectivity index (χ1n) is 7.84. The van der Waals surface area contributed by atoms with Gasteiger partial charge in [-0.05, 0) is 37.5 Å². The molecule has 0 saturated heterocycles. The molecule has 5 nitrogen and oxygen atoms in total. The zero-order valence-electron chi connectivity index (χ0n) is 15.9. The zero-order valence-corrected chi connectivity index (χ0v) is 19.4. The van der Waals surface area contributed by atoms with Crippen LogP contribution in [-0.4, -0.2) is 31.9 Å². The third kappa shape index (κ3) is 18.2. The molecule has 1 N–H and O–H groups in total. The van der Waals surface area contributed by atoms with Gasteiger partial charge in [0.25, 0.3) is 6.47 Å². The van der Waals surface area contributed by atoms with E-state index in [2.05, 4.69) is 22.2 Å². The van der Waals surface area contributed by atoms with Gasteiger partial charge in [-0.2, -0.15) is 0 Å². The maximum Gasteiger partial charge on any atom is 1.00 e. The van der Waals surface area contributed by atoms with E-state index in [0.717, 1.165) is 6.29 Å². The van der Waals surface area contributed by atoms with Crippen molar-refractivity contribution in [2.24, 2.45) is 0 Å². The molecule has 0 aliphatic heterocycles. The number of ether oxygens (including phenoxy) is 1. The van der Waals surface area contributed by atoms with Crippen molar-refractivity contribution >= 4 is 47.6 Å². The molecule has 1 aromatic rings. The van der Waals surface area contributed by atoms with Crippen molar-refractivity contribution in [3.05, 3.63) is 40.4 Å². The molecule has 9 heteroatoms. The average molecular weight is 430 g/mol. The Bertz CT molecular complexity index is 548. The van der Waals surface area contributed by atoms with Gasteiger partial charge in [0.05, 0.1) is 13.3 Å². The molecule has 1 aliphatic rings. The summed E-state index contributed by atoms with van der Waals surface area (Å²) in [5, 5.41) is 2.72. The molecule has 0 heterocycles. The third-order valence-corrected chi connectivity index (χ3v) is 2.90. The second-order valence-corrected chi connectivity index (χ2v) is 5.23. The van der Waals surface area contributed by atoms with Crippen LogP contribution >= 0.6 is 23.2 Å². The van der Waals surface area contributed by atoms with Gasteiger partial charge in [-0.1, -0.05) is 49.2 Å². The van der Waals surface area contributed by atoms with Crippen LogP contribution in [0.2, 0.25) is 10.0 Å². The molecule has 0 radical (unpaired) electrons. The van der Waals surface area contributed by atoms with E-state index < -0.39 is 12.1 Å². The SMILES string of the molecule is C1=CCCC1.CC.COC=O.O=[C-]C(F)C(=O)Nc1cc(Cl)cc(Cl)c1.[Na+]. The molecule has 0 fully saturated rings. The summed E-state index contributed by atoms with van der Waals surface area (Å²) >= 11 is 11.3. The first kappa shape index (κ1) is 30.8. The quantitative estimate of drug-likeness (QED) is 0.261. The topological polar surface area (TPSA) is 72.5 Å². The van der Waals surface area contributed by atoms with E-state index in [1.165, 1.54) is 44.6 Å². The largest absolute Gasteiger partial charge is 1.00 e. The number of hydrogen-bond acceptors (Lipinski definition) is 4. The van der Waals surface area contributed by atoms with Gasteiger partial charge < -0.3 is 14.8 Å². The summed E-state index contributed by atoms with van der Waals surface area (Å²) < 4.78 is 16.4. The summed E-state index contributed by atoms with van der Waals surface area (Å²) in [4.78, 5) is 29.7. The van der Waals surface area contributed by atoms with Gasteiger partial charge in [0.15, 0.2) is 0 Å². The van der Waals surface area contributed by atoms with E-state index in [4.69, 9.17) is 28.0 Å². The predicted octanol–water partition coefficient (Wildman–Crippen LogP) is 1.93. The fourth-order valence-electron chi connectivity index (χ4n) is 1.47. The van der Waals surface area contributed by atoms with Crippen LogP contribution in [0.4, 0.5) is 10.1 Å². The van der Waals surface area contributed by atoms with Gasteiger partial charge >= 0.3 is 29.6 Å². The van der Waals surface area contributed by atoms with Gasteiger partial charge in [0.2, 0.25) is 5.91 Å². The number of methoxy groups -OCH3 is 1. The normalized spacial score (nSPS) is 11.5. The molecule has 0 spiro atoms. The van der Waals surface area contributed by atoms with E-state index in [1.807, 2.05) is 13.8 Å². The molecule has 146 valence electrons. The molecular weight excluding hydrogens is 407 g/mol. The summed E-state index contributed by atoms with van der Waals surface area (Å²) in [6, 6.07) is 4.21. The number of amides is 1. The molecule has 0 bridgehead atoms. The van der Waals surface area contributed by atoms with Crippen LogP contribution in [-0.2, 0) is 19.1 Å². The number of carbonyl (C=O) groups is 2. The molecule has 1 amide bonds. The fourth-order valence-corrected chi connectivity index (χ4v) is 2.00. The number of rotatable bonds is 4. The standard InChI is InChI=1S/C9H5Cl2FNO2.C5H8.C2H4O2.C2H6.Na/c10-5-1-6(11)3-7(2-5)13-9(15)8(12)4-14;1-2-4-5-3-1;1-4-2-3;1-2;/h1-3,8H,(H,13,15);1-2H,3-5H2;2H,1H3;1-2H3;/q-1;;;;+1. The summed E-state index contributed by atoms with van der Waals surface area (Å²) in [6.07, 6.45) is 7.10. The van der Waals surface area contributed by atoms with Gasteiger partial charge in [0, 0.05) is 15.7 Å². The van der Waals surface area contributed by atoms with E-state index in [1.54, 1.807) is 0 Å². The summed E-state index contributed by atoms with van der Waals surface area (Å²) in [5.74, 6) is -1.11. The fraction of sp³-hybridized carbons (Fsp3) is 0.389. The van der Waals surface area contributed by atoms with Crippen molar-refractivity contribution in [3.63, 3.8) is 0 Å². The molecule has 1 unspecified atom stereocenters. The Kier molecular flexibility index (Phi) is 24.4. The van der Waals surface area contributed by atoms with Crippen LogP contribution in [0.15, 0.2) is 30.4 Å². The first-order chi connectivity index (χ1) is 12.4. The maximum absolute atomic E-state index is 12.5. The average Bonchev–Trinajstić information content (AvgIpc) is 3.22. The number of hydrogen-bond donors (Lipinski definition) is 1. The van der Waals surface area contributed by atoms with Crippen LogP contribution in [0.3, 0.4) is 0 Å². The molecule has 27 heavy (non-hydrogen) atoms. The Morgan fingerprint density at radius 3 is 1.96 bits per heavy atom. The summed E-state index contributed by atoms with van der Waals surface area (Å²) in [5.41, 5.74) is 0.218. The number of carbonyl (C=O) groups excluding carboxylic acids is 3. The van der Waals surface area contributed by atoms with Gasteiger partial charge in [-0.3, -0.25) is 14.0 Å². The Labute approximate surface area is 191 Å². The van der Waals surface area contributed by atoms with Crippen molar-refractivity contribution in [2.45, 2.75) is 39.3 Å².